The summed E-state index contributed by atoms with van der Waals surface area (Å²) in [7, 11) is 1.52. The maximum absolute atomic E-state index is 14.9. The summed E-state index contributed by atoms with van der Waals surface area (Å²) in [5, 5.41) is 0. The van der Waals surface area contributed by atoms with Crippen LogP contribution >= 0.6 is 0 Å². The van der Waals surface area contributed by atoms with Crippen LogP contribution in [-0.4, -0.2) is 49.9 Å². The molecule has 2 aliphatic rings. The van der Waals surface area contributed by atoms with Gasteiger partial charge in [0.25, 0.3) is 0 Å². The van der Waals surface area contributed by atoms with Crippen molar-refractivity contribution in [1.29, 1.82) is 0 Å². The van der Waals surface area contributed by atoms with Crippen LogP contribution in [0, 0.1) is 12.7 Å². The lowest BCUT2D eigenvalue weighted by molar-refractivity contribution is -0.0341. The van der Waals surface area contributed by atoms with Crippen molar-refractivity contribution in [3.63, 3.8) is 0 Å². The molecule has 0 spiro atoms. The van der Waals surface area contributed by atoms with Gasteiger partial charge in [0.1, 0.15) is 17.8 Å². The fourth-order valence-corrected chi connectivity index (χ4v) is 4.77. The van der Waals surface area contributed by atoms with Crippen LogP contribution in [0.4, 0.5) is 8.78 Å². The normalized spacial score (nSPS) is 24.5. The first-order valence-corrected chi connectivity index (χ1v) is 10.7. The van der Waals surface area contributed by atoms with Gasteiger partial charge >= 0.3 is 11.4 Å². The van der Waals surface area contributed by atoms with E-state index in [1.54, 1.807) is 19.1 Å². The van der Waals surface area contributed by atoms with Crippen LogP contribution in [0.2, 0.25) is 0 Å². The molecule has 3 atom stereocenters. The molecule has 2 fully saturated rings. The minimum atomic E-state index is -1.34. The van der Waals surface area contributed by atoms with Crippen molar-refractivity contribution in [2.45, 2.75) is 70.1 Å². The molecular formula is C22H28F2N4O3. The molecule has 2 aliphatic heterocycles. The maximum atomic E-state index is 14.9. The zero-order valence-corrected chi connectivity index (χ0v) is 17.8. The predicted octanol–water partition coefficient (Wildman–Crippen LogP) is 1.94. The second-order valence-electron chi connectivity index (χ2n) is 8.60. The number of piperidine rings is 1. The SMILES string of the molecule is Cc1nc(=O)n(C[C@@H](F)CN2C3CCC2CC(OCc2ccc(F)cc2)C3)c(=O)n1C. The number of alkyl halides is 1. The number of benzene rings is 1. The Hall–Kier alpha value is -2.39. The molecule has 2 bridgehead atoms. The molecule has 1 aromatic carbocycles. The molecule has 0 aliphatic carbocycles. The summed E-state index contributed by atoms with van der Waals surface area (Å²) in [6.45, 7) is 1.89. The largest absolute Gasteiger partial charge is 0.373 e. The molecule has 168 valence electrons. The van der Waals surface area contributed by atoms with Crippen molar-refractivity contribution < 1.29 is 13.5 Å². The standard InChI is InChI=1S/C22H28F2N4O3/c1-14-25-21(29)28(22(30)26(14)2)12-17(24)11-27-18-7-8-19(27)10-20(9-18)31-13-15-3-5-16(23)6-4-15/h3-6,17-20H,7-13H2,1-2H3/t17-,18?,19?,20?/m0/s1. The van der Waals surface area contributed by atoms with Crippen molar-refractivity contribution in [2.24, 2.45) is 7.05 Å². The van der Waals surface area contributed by atoms with E-state index >= 15 is 0 Å². The van der Waals surface area contributed by atoms with Crippen LogP contribution in [0.25, 0.3) is 0 Å². The number of nitrogens with zero attached hydrogens (tertiary/aromatic N) is 4. The molecule has 9 heteroatoms. The summed E-state index contributed by atoms with van der Waals surface area (Å²) < 4.78 is 36.1. The molecule has 1 aromatic heterocycles. The van der Waals surface area contributed by atoms with Gasteiger partial charge in [0.05, 0.1) is 19.3 Å². The molecule has 0 saturated carbocycles. The van der Waals surface area contributed by atoms with Crippen LogP contribution < -0.4 is 11.4 Å². The van der Waals surface area contributed by atoms with Gasteiger partial charge in [-0.2, -0.15) is 4.98 Å². The minimum Gasteiger partial charge on any atom is -0.373 e. The summed E-state index contributed by atoms with van der Waals surface area (Å²) in [6.07, 6.45) is 2.36. The van der Waals surface area contributed by atoms with Gasteiger partial charge in [-0.25, -0.2) is 22.9 Å². The van der Waals surface area contributed by atoms with E-state index in [4.69, 9.17) is 4.74 Å². The Morgan fingerprint density at radius 2 is 1.77 bits per heavy atom. The predicted molar refractivity (Wildman–Crippen MR) is 111 cm³/mol. The molecule has 2 aromatic rings. The van der Waals surface area contributed by atoms with Gasteiger partial charge < -0.3 is 4.74 Å². The van der Waals surface area contributed by atoms with E-state index in [2.05, 4.69) is 9.88 Å². The molecule has 2 saturated heterocycles. The monoisotopic (exact) mass is 434 g/mol. The highest BCUT2D eigenvalue weighted by atomic mass is 19.1. The van der Waals surface area contributed by atoms with E-state index in [-0.39, 0.29) is 37.1 Å². The van der Waals surface area contributed by atoms with Crippen LogP contribution in [-0.2, 0) is 24.9 Å². The van der Waals surface area contributed by atoms with Gasteiger partial charge in [0.2, 0.25) is 0 Å². The number of aromatic nitrogens is 3. The summed E-state index contributed by atoms with van der Waals surface area (Å²) in [5.41, 5.74) is -0.325. The van der Waals surface area contributed by atoms with Crippen molar-refractivity contribution in [1.82, 2.24) is 19.0 Å². The average molecular weight is 434 g/mol. The molecule has 0 radical (unpaired) electrons. The zero-order chi connectivity index (χ0) is 22.1. The fraction of sp³-hybridized carbons (Fsp3) is 0.591. The number of aryl methyl sites for hydroxylation is 1. The minimum absolute atomic E-state index is 0.0908. The van der Waals surface area contributed by atoms with Crippen molar-refractivity contribution in [3.05, 3.63) is 62.4 Å². The van der Waals surface area contributed by atoms with E-state index in [1.165, 1.54) is 23.7 Å². The van der Waals surface area contributed by atoms with Gasteiger partial charge in [0.15, 0.2) is 0 Å². The number of hydrogen-bond donors (Lipinski definition) is 0. The topological polar surface area (TPSA) is 69.4 Å². The molecule has 31 heavy (non-hydrogen) atoms. The van der Waals surface area contributed by atoms with E-state index in [1.807, 2.05) is 0 Å². The fourth-order valence-electron chi connectivity index (χ4n) is 4.77. The molecule has 0 amide bonds. The van der Waals surface area contributed by atoms with Crippen molar-refractivity contribution >= 4 is 0 Å². The zero-order valence-electron chi connectivity index (χ0n) is 17.8. The van der Waals surface area contributed by atoms with Gasteiger partial charge in [0, 0.05) is 25.7 Å². The van der Waals surface area contributed by atoms with Crippen LogP contribution in [0.15, 0.2) is 33.9 Å². The Bertz CT molecular complexity index is 1020. The highest BCUT2D eigenvalue weighted by molar-refractivity contribution is 5.15. The molecular weight excluding hydrogens is 406 g/mol. The third-order valence-corrected chi connectivity index (χ3v) is 6.52. The quantitative estimate of drug-likeness (QED) is 0.666. The van der Waals surface area contributed by atoms with Crippen molar-refractivity contribution in [2.75, 3.05) is 6.54 Å². The first kappa shape index (κ1) is 21.8. The van der Waals surface area contributed by atoms with Gasteiger partial charge in [-0.1, -0.05) is 12.1 Å². The molecule has 0 N–H and O–H groups in total. The number of hydrogen-bond acceptors (Lipinski definition) is 5. The Labute approximate surface area is 179 Å². The Kier molecular flexibility index (Phi) is 6.34. The van der Waals surface area contributed by atoms with E-state index in [0.717, 1.165) is 35.8 Å². The highest BCUT2D eigenvalue weighted by Gasteiger charge is 2.41. The third-order valence-electron chi connectivity index (χ3n) is 6.52. The lowest BCUT2D eigenvalue weighted by atomic mass is 9.99. The Balaban J connectivity index is 1.34. The van der Waals surface area contributed by atoms with Crippen molar-refractivity contribution in [3.8, 4) is 0 Å². The summed E-state index contributed by atoms with van der Waals surface area (Å²) >= 11 is 0. The maximum Gasteiger partial charge on any atom is 0.353 e. The Morgan fingerprint density at radius 3 is 2.42 bits per heavy atom. The van der Waals surface area contributed by atoms with E-state index in [0.29, 0.717) is 12.4 Å². The van der Waals surface area contributed by atoms with Crippen LogP contribution in [0.3, 0.4) is 0 Å². The number of ether oxygens (including phenoxy) is 1. The molecule has 3 heterocycles. The van der Waals surface area contributed by atoms with Gasteiger partial charge in [-0.15, -0.1) is 0 Å². The third kappa shape index (κ3) is 4.77. The van der Waals surface area contributed by atoms with E-state index in [9.17, 15) is 18.4 Å². The molecule has 7 nitrogen and oxygen atoms in total. The lowest BCUT2D eigenvalue weighted by Gasteiger charge is -2.39. The molecule has 2 unspecified atom stereocenters. The van der Waals surface area contributed by atoms with Crippen LogP contribution in [0.1, 0.15) is 37.1 Å². The highest BCUT2D eigenvalue weighted by Crippen LogP contribution is 2.37. The molecule has 4 rings (SSSR count). The Morgan fingerprint density at radius 1 is 1.13 bits per heavy atom. The van der Waals surface area contributed by atoms with Crippen LogP contribution in [0.5, 0.6) is 0 Å². The average Bonchev–Trinajstić information content (AvgIpc) is 2.96. The number of halogens is 2. The smallest absolute Gasteiger partial charge is 0.353 e. The first-order chi connectivity index (χ1) is 14.8. The van der Waals surface area contributed by atoms with E-state index < -0.39 is 17.6 Å². The summed E-state index contributed by atoms with van der Waals surface area (Å²) in [5.74, 6) is 0.0415. The summed E-state index contributed by atoms with van der Waals surface area (Å²) in [6, 6.07) is 6.75. The number of rotatable bonds is 7. The second-order valence-corrected chi connectivity index (χ2v) is 8.60. The number of fused-ring (bicyclic) bond motifs is 2. The van der Waals surface area contributed by atoms with Gasteiger partial charge in [-0.05, 0) is 50.3 Å². The summed E-state index contributed by atoms with van der Waals surface area (Å²) in [4.78, 5) is 30.3. The lowest BCUT2D eigenvalue weighted by Crippen LogP contribution is -2.50. The van der Waals surface area contributed by atoms with Gasteiger partial charge in [-0.3, -0.25) is 9.47 Å². The second kappa shape index (κ2) is 9.00. The first-order valence-electron chi connectivity index (χ1n) is 10.7.